The van der Waals surface area contributed by atoms with E-state index < -0.39 is 0 Å². The number of amides is 1. The molecule has 1 aromatic carbocycles. The molecule has 9 heteroatoms. The topological polar surface area (TPSA) is 102 Å². The summed E-state index contributed by atoms with van der Waals surface area (Å²) >= 11 is 1.40. The van der Waals surface area contributed by atoms with Crippen LogP contribution in [0.3, 0.4) is 0 Å². The van der Waals surface area contributed by atoms with Crippen molar-refractivity contribution in [1.29, 1.82) is 0 Å². The van der Waals surface area contributed by atoms with Crippen LogP contribution in [0.25, 0.3) is 16.9 Å². The first-order valence-electron chi connectivity index (χ1n) is 9.07. The van der Waals surface area contributed by atoms with E-state index in [1.54, 1.807) is 12.3 Å². The standard InChI is InChI=1S/C20H19N5O3S/c1-13-11-22-20(29-13)23-19(27)16-12-21-18-8-7-15(24-25(16)18)14-5-2-3-6-17(14)28-10-4-9-26/h2-3,5-8,11-12,26H,4,9-10H2,1H3,(H,22,23,27). The molecule has 29 heavy (non-hydrogen) atoms. The lowest BCUT2D eigenvalue weighted by Gasteiger charge is -2.11. The van der Waals surface area contributed by atoms with E-state index >= 15 is 0 Å². The van der Waals surface area contributed by atoms with Crippen LogP contribution in [0.5, 0.6) is 5.75 Å². The van der Waals surface area contributed by atoms with Gasteiger partial charge in [-0.2, -0.15) is 5.10 Å². The SMILES string of the molecule is Cc1cnc(NC(=O)c2cnc3ccc(-c4ccccc4OCCCO)nn23)s1. The van der Waals surface area contributed by atoms with Crippen LogP contribution >= 0.6 is 11.3 Å². The van der Waals surface area contributed by atoms with Gasteiger partial charge >= 0.3 is 0 Å². The number of para-hydroxylation sites is 1. The highest BCUT2D eigenvalue weighted by Crippen LogP contribution is 2.29. The van der Waals surface area contributed by atoms with Gasteiger partial charge in [-0.05, 0) is 31.2 Å². The Morgan fingerprint density at radius 2 is 2.07 bits per heavy atom. The van der Waals surface area contributed by atoms with Crippen molar-refractivity contribution < 1.29 is 14.6 Å². The highest BCUT2D eigenvalue weighted by molar-refractivity contribution is 7.15. The molecule has 3 aromatic heterocycles. The smallest absolute Gasteiger partial charge is 0.277 e. The van der Waals surface area contributed by atoms with Gasteiger partial charge in [0.1, 0.15) is 5.75 Å². The maximum absolute atomic E-state index is 12.7. The molecule has 3 heterocycles. The molecule has 2 N–H and O–H groups in total. The number of carbonyl (C=O) groups excluding carboxylic acids is 1. The van der Waals surface area contributed by atoms with Crippen LogP contribution in [0.4, 0.5) is 5.13 Å². The van der Waals surface area contributed by atoms with E-state index in [1.807, 2.05) is 37.3 Å². The molecule has 0 atom stereocenters. The second-order valence-corrected chi connectivity index (χ2v) is 7.52. The van der Waals surface area contributed by atoms with Crippen LogP contribution in [0, 0.1) is 6.92 Å². The number of nitrogens with one attached hydrogen (secondary N) is 1. The lowest BCUT2D eigenvalue weighted by molar-refractivity contribution is 0.102. The molecule has 0 saturated heterocycles. The lowest BCUT2D eigenvalue weighted by Crippen LogP contribution is -2.15. The summed E-state index contributed by atoms with van der Waals surface area (Å²) in [4.78, 5) is 22.1. The Balaban J connectivity index is 1.66. The van der Waals surface area contributed by atoms with Gasteiger partial charge in [0, 0.05) is 29.7 Å². The van der Waals surface area contributed by atoms with E-state index in [9.17, 15) is 4.79 Å². The molecule has 0 spiro atoms. The molecular formula is C20H19N5O3S. The maximum atomic E-state index is 12.7. The van der Waals surface area contributed by atoms with E-state index in [1.165, 1.54) is 22.0 Å². The highest BCUT2D eigenvalue weighted by Gasteiger charge is 2.16. The molecule has 0 saturated carbocycles. The zero-order chi connectivity index (χ0) is 20.2. The minimum absolute atomic E-state index is 0.0680. The molecule has 4 aromatic rings. The monoisotopic (exact) mass is 409 g/mol. The summed E-state index contributed by atoms with van der Waals surface area (Å²) in [5.41, 5.74) is 2.32. The summed E-state index contributed by atoms with van der Waals surface area (Å²) in [5, 5.41) is 16.9. The largest absolute Gasteiger partial charge is 0.493 e. The van der Waals surface area contributed by atoms with E-state index in [-0.39, 0.29) is 12.5 Å². The summed E-state index contributed by atoms with van der Waals surface area (Å²) in [5.74, 6) is 0.334. The number of hydrogen-bond acceptors (Lipinski definition) is 7. The first-order chi connectivity index (χ1) is 14.2. The number of aliphatic hydroxyl groups excluding tert-OH is 1. The van der Waals surface area contributed by atoms with Gasteiger partial charge in [-0.15, -0.1) is 11.3 Å². The minimum atomic E-state index is -0.330. The minimum Gasteiger partial charge on any atom is -0.493 e. The number of rotatable bonds is 7. The Labute approximate surface area is 170 Å². The van der Waals surface area contributed by atoms with E-state index in [0.717, 1.165) is 10.4 Å². The maximum Gasteiger partial charge on any atom is 0.277 e. The molecule has 0 aliphatic carbocycles. The summed E-state index contributed by atoms with van der Waals surface area (Å²) in [6, 6.07) is 11.2. The fraction of sp³-hybridized carbons (Fsp3) is 0.200. The normalized spacial score (nSPS) is 11.0. The molecule has 0 unspecified atom stereocenters. The molecule has 0 bridgehead atoms. The Morgan fingerprint density at radius 1 is 1.21 bits per heavy atom. The zero-order valence-electron chi connectivity index (χ0n) is 15.7. The molecule has 0 radical (unpaired) electrons. The number of imidazole rings is 1. The molecular weight excluding hydrogens is 390 g/mol. The number of hydrogen-bond donors (Lipinski definition) is 2. The van der Waals surface area contributed by atoms with Crippen molar-refractivity contribution in [2.45, 2.75) is 13.3 Å². The second-order valence-electron chi connectivity index (χ2n) is 6.28. The Kier molecular flexibility index (Phi) is 5.50. The molecule has 0 fully saturated rings. The number of nitrogens with zero attached hydrogens (tertiary/aromatic N) is 4. The van der Waals surface area contributed by atoms with Crippen LogP contribution in [0.1, 0.15) is 21.8 Å². The van der Waals surface area contributed by atoms with Crippen LogP contribution in [0.2, 0.25) is 0 Å². The number of aliphatic hydroxyl groups is 1. The Hall–Kier alpha value is -3.30. The number of thiazole rings is 1. The number of aromatic nitrogens is 4. The number of aryl methyl sites for hydroxylation is 1. The average Bonchev–Trinajstić information content (AvgIpc) is 3.34. The van der Waals surface area contributed by atoms with E-state index in [2.05, 4.69) is 20.4 Å². The van der Waals surface area contributed by atoms with Crippen molar-refractivity contribution in [2.75, 3.05) is 18.5 Å². The van der Waals surface area contributed by atoms with Crippen LogP contribution in [-0.2, 0) is 0 Å². The van der Waals surface area contributed by atoms with Crippen LogP contribution in [-0.4, -0.2) is 43.8 Å². The van der Waals surface area contributed by atoms with Gasteiger partial charge in [-0.1, -0.05) is 12.1 Å². The van der Waals surface area contributed by atoms with Gasteiger partial charge in [0.2, 0.25) is 0 Å². The zero-order valence-corrected chi connectivity index (χ0v) is 16.5. The highest BCUT2D eigenvalue weighted by atomic mass is 32.1. The Morgan fingerprint density at radius 3 is 2.86 bits per heavy atom. The van der Waals surface area contributed by atoms with Crippen LogP contribution in [0.15, 0.2) is 48.8 Å². The molecule has 0 aliphatic rings. The van der Waals surface area contributed by atoms with Crippen molar-refractivity contribution in [1.82, 2.24) is 19.6 Å². The second kappa shape index (κ2) is 8.38. The average molecular weight is 409 g/mol. The van der Waals surface area contributed by atoms with Crippen molar-refractivity contribution in [3.63, 3.8) is 0 Å². The van der Waals surface area contributed by atoms with Gasteiger partial charge < -0.3 is 9.84 Å². The van der Waals surface area contributed by atoms with Crippen molar-refractivity contribution in [3.05, 3.63) is 59.4 Å². The predicted molar refractivity (Wildman–Crippen MR) is 110 cm³/mol. The molecule has 1 amide bonds. The quantitative estimate of drug-likeness (QED) is 0.455. The third-order valence-electron chi connectivity index (χ3n) is 4.16. The van der Waals surface area contributed by atoms with Crippen molar-refractivity contribution in [3.8, 4) is 17.0 Å². The van der Waals surface area contributed by atoms with Crippen LogP contribution < -0.4 is 10.1 Å². The first-order valence-corrected chi connectivity index (χ1v) is 9.89. The summed E-state index contributed by atoms with van der Waals surface area (Å²) in [6.07, 6.45) is 3.74. The Bertz CT molecular complexity index is 1150. The summed E-state index contributed by atoms with van der Waals surface area (Å²) < 4.78 is 7.28. The molecule has 0 aliphatic heterocycles. The number of benzene rings is 1. The predicted octanol–water partition coefficient (Wildman–Crippen LogP) is 3.17. The van der Waals surface area contributed by atoms with Crippen molar-refractivity contribution >= 4 is 28.0 Å². The molecule has 148 valence electrons. The third-order valence-corrected chi connectivity index (χ3v) is 4.99. The fourth-order valence-electron chi connectivity index (χ4n) is 2.80. The fourth-order valence-corrected chi connectivity index (χ4v) is 3.46. The summed E-state index contributed by atoms with van der Waals surface area (Å²) in [7, 11) is 0. The summed E-state index contributed by atoms with van der Waals surface area (Å²) in [6.45, 7) is 2.40. The molecule has 8 nitrogen and oxygen atoms in total. The van der Waals surface area contributed by atoms with Gasteiger partial charge in [-0.25, -0.2) is 14.5 Å². The van der Waals surface area contributed by atoms with Crippen molar-refractivity contribution in [2.24, 2.45) is 0 Å². The number of carbonyl (C=O) groups is 1. The van der Waals surface area contributed by atoms with Gasteiger partial charge in [-0.3, -0.25) is 10.1 Å². The molecule has 4 rings (SSSR count). The van der Waals surface area contributed by atoms with Gasteiger partial charge in [0.25, 0.3) is 5.91 Å². The lowest BCUT2D eigenvalue weighted by atomic mass is 10.1. The number of anilines is 1. The number of fused-ring (bicyclic) bond motifs is 1. The van der Waals surface area contributed by atoms with E-state index in [4.69, 9.17) is 9.84 Å². The van der Waals surface area contributed by atoms with Gasteiger partial charge in [0.15, 0.2) is 16.5 Å². The van der Waals surface area contributed by atoms with Gasteiger partial charge in [0.05, 0.1) is 18.5 Å². The first kappa shape index (κ1) is 19.0. The van der Waals surface area contributed by atoms with E-state index in [0.29, 0.717) is 40.9 Å². The number of ether oxygens (including phenoxy) is 1. The third kappa shape index (κ3) is 4.10.